The molecule has 0 spiro atoms. The van der Waals surface area contributed by atoms with Crippen LogP contribution < -0.4 is 0 Å². The Kier molecular flexibility index (Phi) is 66.1. The van der Waals surface area contributed by atoms with Crippen LogP contribution in [0.2, 0.25) is 0 Å². The number of aliphatic hydroxyl groups is 1. The lowest BCUT2D eigenvalue weighted by Crippen LogP contribution is -2.30. The molecule has 5 atom stereocenters. The van der Waals surface area contributed by atoms with Gasteiger partial charge in [0.2, 0.25) is 0 Å². The highest BCUT2D eigenvalue weighted by Crippen LogP contribution is 2.45. The standard InChI is InChI=1S/C77H132O17P2/c1-5-9-13-17-21-25-29-32-33-34-35-36-37-40-43-46-50-54-58-62-75(80)88-68-73(94-77(82)64-60-56-52-48-44-39-31-27-23-19-15-11-7-3)70-92-96(85,86)90-66-71(78)65-89-95(83,84)91-69-72(93-76(81)63-59-55-51-47-41-28-24-20-16-12-8-4)67-87-74(79)61-57-53-49-45-42-38-30-26-22-18-14-10-6-2/h9,13,15,19-21,24-27,30-33,35-36,40,43,71-73,78H,5-8,10-12,14,16-18,22-23,28-29,34,37-39,41-42,44-70H2,1-4H3,(H,83,84)(H,85,86)/b13-9-,19-15-,24-20-,25-21-,30-26-,31-27-,33-32-,36-35-,43-40-. The van der Waals surface area contributed by atoms with E-state index in [1.807, 2.05) is 0 Å². The van der Waals surface area contributed by atoms with Crippen LogP contribution in [0.25, 0.3) is 0 Å². The van der Waals surface area contributed by atoms with Crippen molar-refractivity contribution >= 4 is 39.5 Å². The van der Waals surface area contributed by atoms with Gasteiger partial charge in [-0.15, -0.1) is 0 Å². The molecule has 552 valence electrons. The zero-order valence-corrected chi connectivity index (χ0v) is 61.8. The predicted octanol–water partition coefficient (Wildman–Crippen LogP) is 21.0. The van der Waals surface area contributed by atoms with Crippen molar-refractivity contribution in [2.45, 2.75) is 316 Å². The maximum atomic E-state index is 13.1. The minimum absolute atomic E-state index is 0.0692. The van der Waals surface area contributed by atoms with Gasteiger partial charge < -0.3 is 33.8 Å². The molecule has 19 heteroatoms. The van der Waals surface area contributed by atoms with Crippen LogP contribution in [-0.2, 0) is 65.4 Å². The highest BCUT2D eigenvalue weighted by atomic mass is 31.2. The number of hydrogen-bond donors (Lipinski definition) is 3. The summed E-state index contributed by atoms with van der Waals surface area (Å²) in [5.41, 5.74) is 0. The Morgan fingerprint density at radius 3 is 0.927 bits per heavy atom. The topological polar surface area (TPSA) is 237 Å². The molecule has 0 bridgehead atoms. The molecule has 0 aliphatic carbocycles. The lowest BCUT2D eigenvalue weighted by Gasteiger charge is -2.21. The van der Waals surface area contributed by atoms with E-state index in [1.165, 1.54) is 38.5 Å². The Bertz CT molecular complexity index is 2250. The minimum atomic E-state index is -4.98. The third-order valence-electron chi connectivity index (χ3n) is 15.2. The van der Waals surface area contributed by atoms with Crippen molar-refractivity contribution in [1.82, 2.24) is 0 Å². The van der Waals surface area contributed by atoms with Crippen LogP contribution in [0.4, 0.5) is 0 Å². The van der Waals surface area contributed by atoms with E-state index in [0.717, 1.165) is 180 Å². The zero-order valence-electron chi connectivity index (χ0n) is 60.0. The van der Waals surface area contributed by atoms with Crippen LogP contribution in [0.1, 0.15) is 297 Å². The molecule has 0 amide bonds. The van der Waals surface area contributed by atoms with E-state index in [4.69, 9.17) is 37.0 Å². The van der Waals surface area contributed by atoms with Gasteiger partial charge in [0, 0.05) is 25.7 Å². The third-order valence-corrected chi connectivity index (χ3v) is 17.1. The number of hydrogen-bond acceptors (Lipinski definition) is 15. The first kappa shape index (κ1) is 91.7. The Morgan fingerprint density at radius 2 is 0.573 bits per heavy atom. The summed E-state index contributed by atoms with van der Waals surface area (Å²) in [4.78, 5) is 72.7. The van der Waals surface area contributed by atoms with E-state index in [9.17, 15) is 43.2 Å². The summed E-state index contributed by atoms with van der Waals surface area (Å²) < 4.78 is 68.3. The van der Waals surface area contributed by atoms with Crippen molar-refractivity contribution in [3.05, 3.63) is 109 Å². The zero-order chi connectivity index (χ0) is 70.4. The lowest BCUT2D eigenvalue weighted by molar-refractivity contribution is -0.161. The number of aliphatic hydroxyl groups excluding tert-OH is 1. The molecule has 0 rings (SSSR count). The monoisotopic (exact) mass is 1390 g/mol. The average Bonchev–Trinajstić information content (AvgIpc) is 1.17. The molecule has 0 heterocycles. The molecule has 0 aromatic carbocycles. The molecule has 0 aliphatic heterocycles. The lowest BCUT2D eigenvalue weighted by atomic mass is 10.1. The largest absolute Gasteiger partial charge is 0.472 e. The normalized spacial score (nSPS) is 14.6. The van der Waals surface area contributed by atoms with Crippen molar-refractivity contribution in [3.8, 4) is 0 Å². The molecule has 17 nitrogen and oxygen atoms in total. The number of phosphoric ester groups is 2. The fraction of sp³-hybridized carbons (Fsp3) is 0.714. The van der Waals surface area contributed by atoms with Crippen molar-refractivity contribution in [2.24, 2.45) is 0 Å². The van der Waals surface area contributed by atoms with Gasteiger partial charge in [0.25, 0.3) is 0 Å². The average molecular weight is 1390 g/mol. The Hall–Kier alpha value is -4.28. The van der Waals surface area contributed by atoms with Gasteiger partial charge in [-0.3, -0.25) is 37.3 Å². The molecular weight excluding hydrogens is 1260 g/mol. The van der Waals surface area contributed by atoms with Crippen LogP contribution in [0.3, 0.4) is 0 Å². The predicted molar refractivity (Wildman–Crippen MR) is 390 cm³/mol. The molecule has 0 fully saturated rings. The van der Waals surface area contributed by atoms with E-state index in [2.05, 4.69) is 137 Å². The maximum absolute atomic E-state index is 13.1. The Morgan fingerprint density at radius 1 is 0.302 bits per heavy atom. The van der Waals surface area contributed by atoms with Crippen molar-refractivity contribution in [2.75, 3.05) is 39.6 Å². The minimum Gasteiger partial charge on any atom is -0.462 e. The highest BCUT2D eigenvalue weighted by Gasteiger charge is 2.30. The van der Waals surface area contributed by atoms with Gasteiger partial charge in [-0.2, -0.15) is 0 Å². The van der Waals surface area contributed by atoms with Crippen LogP contribution >= 0.6 is 15.6 Å². The van der Waals surface area contributed by atoms with Gasteiger partial charge in [-0.1, -0.05) is 240 Å². The number of allylic oxidation sites excluding steroid dienone is 18. The van der Waals surface area contributed by atoms with Gasteiger partial charge in [-0.05, 0) is 141 Å². The van der Waals surface area contributed by atoms with Gasteiger partial charge in [0.05, 0.1) is 26.4 Å². The van der Waals surface area contributed by atoms with Gasteiger partial charge >= 0.3 is 39.5 Å². The Balaban J connectivity index is 5.35. The number of carbonyl (C=O) groups is 4. The summed E-state index contributed by atoms with van der Waals surface area (Å²) in [6.45, 7) is 4.56. The first-order valence-electron chi connectivity index (χ1n) is 37.1. The van der Waals surface area contributed by atoms with E-state index in [-0.39, 0.29) is 25.7 Å². The number of rotatable bonds is 69. The summed E-state index contributed by atoms with van der Waals surface area (Å²) in [7, 11) is -9.96. The summed E-state index contributed by atoms with van der Waals surface area (Å²) in [5, 5.41) is 10.6. The molecule has 0 aromatic rings. The molecule has 0 radical (unpaired) electrons. The molecule has 0 saturated heterocycles. The molecule has 0 aliphatic rings. The van der Waals surface area contributed by atoms with Crippen LogP contribution in [0.5, 0.6) is 0 Å². The first-order chi connectivity index (χ1) is 46.7. The molecule has 96 heavy (non-hydrogen) atoms. The second kappa shape index (κ2) is 69.2. The highest BCUT2D eigenvalue weighted by molar-refractivity contribution is 7.47. The first-order valence-corrected chi connectivity index (χ1v) is 40.1. The molecular formula is C77H132O17P2. The second-order valence-electron chi connectivity index (χ2n) is 24.5. The quantitative estimate of drug-likeness (QED) is 0.0169. The maximum Gasteiger partial charge on any atom is 0.472 e. The fourth-order valence-electron chi connectivity index (χ4n) is 9.49. The van der Waals surface area contributed by atoms with E-state index in [1.54, 1.807) is 0 Å². The van der Waals surface area contributed by atoms with Crippen LogP contribution in [-0.4, -0.2) is 96.7 Å². The Labute approximate surface area is 581 Å². The number of carbonyl (C=O) groups excluding carboxylic acids is 4. The van der Waals surface area contributed by atoms with Gasteiger partial charge in [0.1, 0.15) is 19.3 Å². The smallest absolute Gasteiger partial charge is 0.462 e. The van der Waals surface area contributed by atoms with Crippen LogP contribution in [0, 0.1) is 0 Å². The summed E-state index contributed by atoms with van der Waals surface area (Å²) in [6, 6.07) is 0. The number of unbranched alkanes of at least 4 members (excludes halogenated alkanes) is 25. The summed E-state index contributed by atoms with van der Waals surface area (Å²) in [6.07, 6.45) is 72.4. The van der Waals surface area contributed by atoms with Gasteiger partial charge in [0.15, 0.2) is 12.2 Å². The molecule has 3 N–H and O–H groups in total. The third kappa shape index (κ3) is 68.3. The van der Waals surface area contributed by atoms with Crippen molar-refractivity contribution in [1.29, 1.82) is 0 Å². The number of ether oxygens (including phenoxy) is 4. The summed E-state index contributed by atoms with van der Waals surface area (Å²) in [5.74, 6) is -2.24. The SMILES string of the molecule is CC/C=C\C/C=C\C/C=C\C/C=C\C/C=C\CCCCCC(=O)OCC(COP(=O)(O)OCC(O)COP(=O)(O)OCC(COC(=O)CCCCCCC/C=C\CCCCCC)OC(=O)CCCCCCC/C=C\CCCC)OC(=O)CCCCCCC/C=C\C/C=C\CCC. The van der Waals surface area contributed by atoms with Crippen LogP contribution in [0.15, 0.2) is 109 Å². The number of esters is 4. The number of phosphoric acid groups is 2. The molecule has 0 aromatic heterocycles. The second-order valence-corrected chi connectivity index (χ2v) is 27.4. The molecule has 0 saturated carbocycles. The van der Waals surface area contributed by atoms with Crippen molar-refractivity contribution < 1.29 is 80.2 Å². The van der Waals surface area contributed by atoms with Crippen molar-refractivity contribution in [3.63, 3.8) is 0 Å². The van der Waals surface area contributed by atoms with E-state index >= 15 is 0 Å². The summed E-state index contributed by atoms with van der Waals surface area (Å²) >= 11 is 0. The molecule has 5 unspecified atom stereocenters. The van der Waals surface area contributed by atoms with E-state index < -0.39 is 97.5 Å². The fourth-order valence-corrected chi connectivity index (χ4v) is 11.1. The van der Waals surface area contributed by atoms with Gasteiger partial charge in [-0.25, -0.2) is 9.13 Å². The van der Waals surface area contributed by atoms with E-state index in [0.29, 0.717) is 25.7 Å².